The van der Waals surface area contributed by atoms with Crippen molar-refractivity contribution in [3.8, 4) is 0 Å². The fraction of sp³-hybridized carbons (Fsp3) is 0.917. The molecule has 4 N–H and O–H groups in total. The summed E-state index contributed by atoms with van der Waals surface area (Å²) in [7, 11) is 0. The number of rotatable bonds is 10. The van der Waals surface area contributed by atoms with Gasteiger partial charge in [0.1, 0.15) is 0 Å². The van der Waals surface area contributed by atoms with Gasteiger partial charge in [0, 0.05) is 19.1 Å². The van der Waals surface area contributed by atoms with Gasteiger partial charge in [0.25, 0.3) is 0 Å². The average Bonchev–Trinajstić information content (AvgIpc) is 2.26. The molecule has 1 unspecified atom stereocenters. The first-order valence-electron chi connectivity index (χ1n) is 6.31. The highest BCUT2D eigenvalue weighted by Crippen LogP contribution is 2.03. The fourth-order valence-corrected chi connectivity index (χ4v) is 1.60. The van der Waals surface area contributed by atoms with Crippen LogP contribution in [0.4, 0.5) is 0 Å². The number of nitrogens with one attached hydrogen (secondary N) is 1. The van der Waals surface area contributed by atoms with E-state index in [4.69, 9.17) is 10.8 Å². The van der Waals surface area contributed by atoms with Crippen LogP contribution in [-0.4, -0.2) is 30.2 Å². The molecule has 0 bridgehead atoms. The summed E-state index contributed by atoms with van der Waals surface area (Å²) in [5, 5.41) is 11.6. The van der Waals surface area contributed by atoms with Gasteiger partial charge in [0.15, 0.2) is 0 Å². The van der Waals surface area contributed by atoms with Crippen LogP contribution < -0.4 is 11.1 Å². The van der Waals surface area contributed by atoms with Gasteiger partial charge in [-0.05, 0) is 39.2 Å². The highest BCUT2D eigenvalue weighted by molar-refractivity contribution is 5.76. The van der Waals surface area contributed by atoms with E-state index in [1.165, 1.54) is 0 Å². The number of amides is 1. The lowest BCUT2D eigenvalue weighted by molar-refractivity contribution is -0.121. The molecule has 0 spiro atoms. The summed E-state index contributed by atoms with van der Waals surface area (Å²) in [6.07, 6.45) is 6.38. The molecule has 0 aliphatic carbocycles. The molecule has 0 saturated heterocycles. The molecule has 0 aliphatic rings. The van der Waals surface area contributed by atoms with Crippen LogP contribution in [0.25, 0.3) is 0 Å². The molecule has 0 aromatic carbocycles. The van der Waals surface area contributed by atoms with Crippen LogP contribution in [0.1, 0.15) is 51.9 Å². The number of carbonyl (C=O) groups excluding carboxylic acids is 1. The Hall–Kier alpha value is -0.610. The van der Waals surface area contributed by atoms with Gasteiger partial charge in [-0.3, -0.25) is 4.79 Å². The summed E-state index contributed by atoms with van der Waals surface area (Å²) in [5.41, 5.74) is 5.38. The zero-order chi connectivity index (χ0) is 12.2. The van der Waals surface area contributed by atoms with Gasteiger partial charge in [0.05, 0.1) is 0 Å². The first kappa shape index (κ1) is 15.4. The topological polar surface area (TPSA) is 75.3 Å². The van der Waals surface area contributed by atoms with Crippen molar-refractivity contribution in [3.63, 3.8) is 0 Å². The molecule has 16 heavy (non-hydrogen) atoms. The van der Waals surface area contributed by atoms with Crippen molar-refractivity contribution in [1.29, 1.82) is 0 Å². The second-order valence-electron chi connectivity index (χ2n) is 4.29. The van der Waals surface area contributed by atoms with Gasteiger partial charge in [-0.15, -0.1) is 0 Å². The Kier molecular flexibility index (Phi) is 10.5. The normalized spacial score (nSPS) is 12.4. The van der Waals surface area contributed by atoms with E-state index in [9.17, 15) is 4.79 Å². The van der Waals surface area contributed by atoms with Crippen LogP contribution in [0, 0.1) is 0 Å². The summed E-state index contributed by atoms with van der Waals surface area (Å²) >= 11 is 0. The van der Waals surface area contributed by atoms with Crippen LogP contribution in [-0.2, 0) is 4.79 Å². The summed E-state index contributed by atoms with van der Waals surface area (Å²) in [5.74, 6) is 0.123. The quantitative estimate of drug-likeness (QED) is 0.493. The lowest BCUT2D eigenvalue weighted by Crippen LogP contribution is -2.32. The molecule has 1 atom stereocenters. The van der Waals surface area contributed by atoms with Crippen molar-refractivity contribution < 1.29 is 9.90 Å². The smallest absolute Gasteiger partial charge is 0.220 e. The van der Waals surface area contributed by atoms with Crippen LogP contribution in [0.15, 0.2) is 0 Å². The fourth-order valence-electron chi connectivity index (χ4n) is 1.60. The predicted molar refractivity (Wildman–Crippen MR) is 66.1 cm³/mol. The molecule has 1 amide bonds. The highest BCUT2D eigenvalue weighted by atomic mass is 16.2. The number of aliphatic hydroxyl groups excluding tert-OH is 1. The Labute approximate surface area is 98.6 Å². The highest BCUT2D eigenvalue weighted by Gasteiger charge is 2.06. The Bertz CT molecular complexity index is 174. The zero-order valence-corrected chi connectivity index (χ0v) is 10.4. The first-order valence-corrected chi connectivity index (χ1v) is 6.31. The number of aliphatic hydroxyl groups is 1. The van der Waals surface area contributed by atoms with Crippen molar-refractivity contribution in [2.75, 3.05) is 13.2 Å². The molecular weight excluding hydrogens is 204 g/mol. The summed E-state index contributed by atoms with van der Waals surface area (Å²) < 4.78 is 0. The number of unbranched alkanes of at least 4 members (excludes halogenated alkanes) is 3. The van der Waals surface area contributed by atoms with Crippen LogP contribution in [0.5, 0.6) is 0 Å². The van der Waals surface area contributed by atoms with Gasteiger partial charge in [-0.2, -0.15) is 0 Å². The zero-order valence-electron chi connectivity index (χ0n) is 10.4. The van der Waals surface area contributed by atoms with Crippen molar-refractivity contribution in [2.24, 2.45) is 5.73 Å². The van der Waals surface area contributed by atoms with Crippen molar-refractivity contribution in [1.82, 2.24) is 5.32 Å². The van der Waals surface area contributed by atoms with Crippen molar-refractivity contribution in [2.45, 2.75) is 57.9 Å². The van der Waals surface area contributed by atoms with E-state index in [1.54, 1.807) is 0 Å². The molecule has 0 rings (SSSR count). The summed E-state index contributed by atoms with van der Waals surface area (Å²) in [6.45, 7) is 2.91. The van der Waals surface area contributed by atoms with Gasteiger partial charge in [-0.25, -0.2) is 0 Å². The Balaban J connectivity index is 3.36. The van der Waals surface area contributed by atoms with Gasteiger partial charge >= 0.3 is 0 Å². The van der Waals surface area contributed by atoms with Crippen molar-refractivity contribution >= 4 is 5.91 Å². The summed E-state index contributed by atoms with van der Waals surface area (Å²) in [6, 6.07) is 0.170. The molecule has 0 saturated carbocycles. The van der Waals surface area contributed by atoms with E-state index >= 15 is 0 Å². The van der Waals surface area contributed by atoms with E-state index in [0.717, 1.165) is 45.1 Å². The van der Waals surface area contributed by atoms with Crippen molar-refractivity contribution in [3.05, 3.63) is 0 Å². The number of carbonyl (C=O) groups is 1. The largest absolute Gasteiger partial charge is 0.396 e. The van der Waals surface area contributed by atoms with Crippen LogP contribution >= 0.6 is 0 Å². The molecule has 0 aromatic rings. The lowest BCUT2D eigenvalue weighted by atomic mass is 10.1. The second-order valence-corrected chi connectivity index (χ2v) is 4.29. The number of nitrogens with two attached hydrogens (primary N) is 1. The minimum absolute atomic E-state index is 0.123. The molecule has 4 nitrogen and oxygen atoms in total. The van der Waals surface area contributed by atoms with Crippen LogP contribution in [0.2, 0.25) is 0 Å². The third kappa shape index (κ3) is 9.93. The first-order chi connectivity index (χ1) is 7.70. The van der Waals surface area contributed by atoms with E-state index < -0.39 is 0 Å². The minimum Gasteiger partial charge on any atom is -0.396 e. The lowest BCUT2D eigenvalue weighted by Gasteiger charge is -2.12. The Morgan fingerprint density at radius 1 is 1.25 bits per heavy atom. The second kappa shape index (κ2) is 10.9. The van der Waals surface area contributed by atoms with E-state index in [1.807, 2.05) is 6.92 Å². The average molecular weight is 230 g/mol. The number of hydrogen-bond donors (Lipinski definition) is 3. The molecule has 4 heteroatoms. The molecule has 0 fully saturated rings. The van der Waals surface area contributed by atoms with E-state index in [0.29, 0.717) is 6.42 Å². The van der Waals surface area contributed by atoms with E-state index in [2.05, 4.69) is 5.32 Å². The molecule has 0 heterocycles. The Morgan fingerprint density at radius 2 is 1.94 bits per heavy atom. The van der Waals surface area contributed by atoms with E-state index in [-0.39, 0.29) is 18.6 Å². The minimum atomic E-state index is 0.123. The maximum Gasteiger partial charge on any atom is 0.220 e. The molecule has 0 aromatic heterocycles. The van der Waals surface area contributed by atoms with Gasteiger partial charge < -0.3 is 16.2 Å². The number of hydrogen-bond acceptors (Lipinski definition) is 3. The monoisotopic (exact) mass is 230 g/mol. The predicted octanol–water partition coefficient (Wildman–Crippen LogP) is 1.17. The molecular formula is C12H26N2O2. The van der Waals surface area contributed by atoms with Gasteiger partial charge in [0.2, 0.25) is 5.91 Å². The van der Waals surface area contributed by atoms with Crippen LogP contribution in [0.3, 0.4) is 0 Å². The summed E-state index contributed by atoms with van der Waals surface area (Å²) in [4.78, 5) is 11.5. The molecule has 0 radical (unpaired) electrons. The maximum absolute atomic E-state index is 11.5. The standard InChI is InChI=1S/C12H26N2O2/c1-11(7-6-10-15)14-12(16)8-4-2-3-5-9-13/h11,15H,2-10,13H2,1H3,(H,14,16). The third-order valence-corrected chi connectivity index (χ3v) is 2.56. The maximum atomic E-state index is 11.5. The third-order valence-electron chi connectivity index (χ3n) is 2.56. The molecule has 0 aliphatic heterocycles. The molecule has 96 valence electrons. The van der Waals surface area contributed by atoms with Gasteiger partial charge in [-0.1, -0.05) is 12.8 Å². The Morgan fingerprint density at radius 3 is 2.56 bits per heavy atom. The SMILES string of the molecule is CC(CCCO)NC(=O)CCCCCCN.